The van der Waals surface area contributed by atoms with E-state index in [-0.39, 0.29) is 0 Å². The third kappa shape index (κ3) is 3.20. The first-order valence-electron chi connectivity index (χ1n) is 6.91. The molecule has 0 unspecified atom stereocenters. The van der Waals surface area contributed by atoms with Gasteiger partial charge in [-0.25, -0.2) is 0 Å². The van der Waals surface area contributed by atoms with Crippen LogP contribution >= 0.6 is 0 Å². The number of hydrogen-bond acceptors (Lipinski definition) is 4. The lowest BCUT2D eigenvalue weighted by atomic mass is 10.1. The van der Waals surface area contributed by atoms with Crippen molar-refractivity contribution in [3.63, 3.8) is 0 Å². The average Bonchev–Trinajstić information content (AvgIpc) is 3.03. The fourth-order valence-electron chi connectivity index (χ4n) is 2.07. The molecule has 0 amide bonds. The molecule has 2 aromatic carbocycles. The van der Waals surface area contributed by atoms with Crippen LogP contribution in [0.2, 0.25) is 0 Å². The van der Waals surface area contributed by atoms with Gasteiger partial charge in [0, 0.05) is 11.3 Å². The van der Waals surface area contributed by atoms with Gasteiger partial charge in [0.2, 0.25) is 0 Å². The Hall–Kier alpha value is -2.95. The first kappa shape index (κ1) is 14.0. The summed E-state index contributed by atoms with van der Waals surface area (Å²) in [5.74, 6) is 1.59. The van der Waals surface area contributed by atoms with Gasteiger partial charge in [-0.1, -0.05) is 12.1 Å². The molecule has 0 atom stereocenters. The van der Waals surface area contributed by atoms with Crippen molar-refractivity contribution >= 4 is 5.69 Å². The topological polar surface area (TPSA) is 73.2 Å². The molecule has 0 aliphatic rings. The maximum Gasteiger partial charge on any atom is 0.130 e. The minimum absolute atomic E-state index is 0.425. The van der Waals surface area contributed by atoms with Crippen LogP contribution in [-0.4, -0.2) is 17.3 Å². The van der Waals surface area contributed by atoms with E-state index < -0.39 is 0 Å². The zero-order valence-corrected chi connectivity index (χ0v) is 12.2. The first-order valence-corrected chi connectivity index (χ1v) is 6.91. The van der Waals surface area contributed by atoms with Gasteiger partial charge in [0.25, 0.3) is 0 Å². The molecule has 0 saturated carbocycles. The number of anilines is 1. The second-order valence-corrected chi connectivity index (χ2v) is 4.86. The number of benzene rings is 2. The number of nitrogens with two attached hydrogens (primary N) is 1. The molecule has 3 aromatic rings. The van der Waals surface area contributed by atoms with Crippen LogP contribution in [0.5, 0.6) is 11.5 Å². The van der Waals surface area contributed by atoms with E-state index in [1.807, 2.05) is 54.6 Å². The fourth-order valence-corrected chi connectivity index (χ4v) is 2.07. The van der Waals surface area contributed by atoms with Crippen molar-refractivity contribution in [2.45, 2.75) is 6.61 Å². The SMILES string of the molecule is COc1ccc(OCc2cc(-c3ccc(N)cc3)n[nH]2)cc1. The molecule has 0 spiro atoms. The summed E-state index contributed by atoms with van der Waals surface area (Å²) in [5.41, 5.74) is 9.21. The van der Waals surface area contributed by atoms with Gasteiger partial charge in [0.05, 0.1) is 18.5 Å². The molecular weight excluding hydrogens is 278 g/mol. The molecular formula is C17H17N3O2. The van der Waals surface area contributed by atoms with Crippen LogP contribution in [0.4, 0.5) is 5.69 Å². The molecule has 1 heterocycles. The summed E-state index contributed by atoms with van der Waals surface area (Å²) >= 11 is 0. The van der Waals surface area contributed by atoms with Crippen molar-refractivity contribution < 1.29 is 9.47 Å². The summed E-state index contributed by atoms with van der Waals surface area (Å²) in [4.78, 5) is 0. The van der Waals surface area contributed by atoms with Gasteiger partial charge in [0.15, 0.2) is 0 Å². The van der Waals surface area contributed by atoms with Crippen molar-refractivity contribution in [1.29, 1.82) is 0 Å². The van der Waals surface area contributed by atoms with Crippen LogP contribution in [0.1, 0.15) is 5.69 Å². The van der Waals surface area contributed by atoms with Crippen molar-refractivity contribution in [3.05, 3.63) is 60.3 Å². The molecule has 0 saturated heterocycles. The van der Waals surface area contributed by atoms with Crippen LogP contribution in [0.15, 0.2) is 54.6 Å². The normalized spacial score (nSPS) is 10.4. The number of nitrogen functional groups attached to an aromatic ring is 1. The van der Waals surface area contributed by atoms with E-state index in [1.54, 1.807) is 7.11 Å². The third-order valence-corrected chi connectivity index (χ3v) is 3.29. The summed E-state index contributed by atoms with van der Waals surface area (Å²) in [7, 11) is 1.64. The number of ether oxygens (including phenoxy) is 2. The molecule has 5 nitrogen and oxygen atoms in total. The van der Waals surface area contributed by atoms with Gasteiger partial charge in [-0.15, -0.1) is 0 Å². The maximum absolute atomic E-state index is 5.71. The maximum atomic E-state index is 5.71. The Morgan fingerprint density at radius 3 is 2.36 bits per heavy atom. The molecule has 5 heteroatoms. The van der Waals surface area contributed by atoms with E-state index in [1.165, 1.54) is 0 Å². The number of nitrogens with one attached hydrogen (secondary N) is 1. The number of H-pyrrole nitrogens is 1. The molecule has 1 aromatic heterocycles. The van der Waals surface area contributed by atoms with E-state index in [4.69, 9.17) is 15.2 Å². The van der Waals surface area contributed by atoms with Crippen molar-refractivity contribution in [2.75, 3.05) is 12.8 Å². The van der Waals surface area contributed by atoms with Crippen LogP contribution in [0, 0.1) is 0 Å². The van der Waals surface area contributed by atoms with E-state index >= 15 is 0 Å². The highest BCUT2D eigenvalue weighted by Crippen LogP contribution is 2.21. The zero-order chi connectivity index (χ0) is 15.4. The number of rotatable bonds is 5. The Morgan fingerprint density at radius 2 is 1.68 bits per heavy atom. The van der Waals surface area contributed by atoms with Crippen LogP contribution < -0.4 is 15.2 Å². The van der Waals surface area contributed by atoms with Crippen LogP contribution in [0.3, 0.4) is 0 Å². The van der Waals surface area contributed by atoms with Crippen LogP contribution in [0.25, 0.3) is 11.3 Å². The molecule has 0 aliphatic heterocycles. The summed E-state index contributed by atoms with van der Waals surface area (Å²) < 4.78 is 10.8. The smallest absolute Gasteiger partial charge is 0.130 e. The second-order valence-electron chi connectivity index (χ2n) is 4.86. The standard InChI is InChI=1S/C17H17N3O2/c1-21-15-6-8-16(9-7-15)22-11-14-10-17(20-19-14)12-2-4-13(18)5-3-12/h2-10H,11,18H2,1H3,(H,19,20). The highest BCUT2D eigenvalue weighted by atomic mass is 16.5. The lowest BCUT2D eigenvalue weighted by molar-refractivity contribution is 0.300. The van der Waals surface area contributed by atoms with E-state index in [2.05, 4.69) is 10.2 Å². The molecule has 22 heavy (non-hydrogen) atoms. The predicted molar refractivity (Wildman–Crippen MR) is 85.8 cm³/mol. The van der Waals surface area contributed by atoms with Gasteiger partial charge in [0.1, 0.15) is 18.1 Å². The second kappa shape index (κ2) is 6.22. The Bertz CT molecular complexity index is 733. The molecule has 112 valence electrons. The molecule has 3 rings (SSSR count). The lowest BCUT2D eigenvalue weighted by Gasteiger charge is -2.05. The molecule has 0 aliphatic carbocycles. The lowest BCUT2D eigenvalue weighted by Crippen LogP contribution is -1.95. The van der Waals surface area contributed by atoms with E-state index in [9.17, 15) is 0 Å². The Morgan fingerprint density at radius 1 is 1.00 bits per heavy atom. The van der Waals surface area contributed by atoms with Crippen molar-refractivity contribution in [3.8, 4) is 22.8 Å². The average molecular weight is 295 g/mol. The van der Waals surface area contributed by atoms with E-state index in [0.29, 0.717) is 6.61 Å². The highest BCUT2D eigenvalue weighted by molar-refractivity contribution is 5.61. The Labute approximate surface area is 128 Å². The molecule has 3 N–H and O–H groups in total. The summed E-state index contributed by atoms with van der Waals surface area (Å²) in [6, 6.07) is 17.0. The number of aromatic amines is 1. The van der Waals surface area contributed by atoms with Crippen molar-refractivity contribution in [2.24, 2.45) is 0 Å². The molecule has 0 radical (unpaired) electrons. The molecule has 0 fully saturated rings. The van der Waals surface area contributed by atoms with Gasteiger partial charge >= 0.3 is 0 Å². The van der Waals surface area contributed by atoms with E-state index in [0.717, 1.165) is 34.1 Å². The highest BCUT2D eigenvalue weighted by Gasteiger charge is 2.05. The largest absolute Gasteiger partial charge is 0.497 e. The quantitative estimate of drug-likeness (QED) is 0.709. The number of nitrogens with zero attached hydrogens (tertiary/aromatic N) is 1. The number of hydrogen-bond donors (Lipinski definition) is 2. The Kier molecular flexibility index (Phi) is 3.96. The predicted octanol–water partition coefficient (Wildman–Crippen LogP) is 3.25. The fraction of sp³-hybridized carbons (Fsp3) is 0.118. The summed E-state index contributed by atoms with van der Waals surface area (Å²) in [6.45, 7) is 0.425. The first-order chi connectivity index (χ1) is 10.7. The zero-order valence-electron chi connectivity index (χ0n) is 12.2. The minimum Gasteiger partial charge on any atom is -0.497 e. The van der Waals surface area contributed by atoms with Gasteiger partial charge in [-0.05, 0) is 42.5 Å². The number of aromatic nitrogens is 2. The van der Waals surface area contributed by atoms with Crippen LogP contribution in [-0.2, 0) is 6.61 Å². The Balaban J connectivity index is 1.65. The number of methoxy groups -OCH3 is 1. The minimum atomic E-state index is 0.425. The van der Waals surface area contributed by atoms with Gasteiger partial charge in [-0.2, -0.15) is 5.10 Å². The van der Waals surface area contributed by atoms with Gasteiger partial charge in [-0.3, -0.25) is 5.10 Å². The third-order valence-electron chi connectivity index (χ3n) is 3.29. The molecule has 0 bridgehead atoms. The van der Waals surface area contributed by atoms with Crippen molar-refractivity contribution in [1.82, 2.24) is 10.2 Å². The summed E-state index contributed by atoms with van der Waals surface area (Å²) in [5, 5.41) is 7.27. The van der Waals surface area contributed by atoms with Gasteiger partial charge < -0.3 is 15.2 Å². The summed E-state index contributed by atoms with van der Waals surface area (Å²) in [6.07, 6.45) is 0. The monoisotopic (exact) mass is 295 g/mol.